The standard InChI is InChI=1S/C27H32O3/c1-14-16(3)26-21(18(5)24(14)28-7)23(20-12-10-9-11-13-20)22-19(6)25(29-8)15(2)17(4)27(22)30-26/h10,12-13,23H,9,11H2,1-8H3. The molecule has 158 valence electrons. The molecule has 1 aliphatic carbocycles. The van der Waals surface area contributed by atoms with Crippen molar-refractivity contribution in [2.24, 2.45) is 0 Å². The van der Waals surface area contributed by atoms with Gasteiger partial charge in [-0.1, -0.05) is 18.2 Å². The lowest BCUT2D eigenvalue weighted by Gasteiger charge is -2.36. The largest absolute Gasteiger partial charge is 0.496 e. The zero-order chi connectivity index (χ0) is 21.7. The van der Waals surface area contributed by atoms with Crippen LogP contribution in [-0.2, 0) is 0 Å². The van der Waals surface area contributed by atoms with E-state index >= 15 is 0 Å². The highest BCUT2D eigenvalue weighted by molar-refractivity contribution is 5.72. The second-order valence-electron chi connectivity index (χ2n) is 8.52. The second kappa shape index (κ2) is 7.54. The molecule has 3 nitrogen and oxygen atoms in total. The summed E-state index contributed by atoms with van der Waals surface area (Å²) < 4.78 is 18.4. The lowest BCUT2D eigenvalue weighted by molar-refractivity contribution is 0.393. The molecule has 2 aliphatic rings. The molecule has 0 bridgehead atoms. The van der Waals surface area contributed by atoms with Crippen molar-refractivity contribution in [3.63, 3.8) is 0 Å². The summed E-state index contributed by atoms with van der Waals surface area (Å²) in [6, 6.07) is 0. The van der Waals surface area contributed by atoms with E-state index < -0.39 is 0 Å². The first-order chi connectivity index (χ1) is 14.3. The van der Waals surface area contributed by atoms with Gasteiger partial charge in [-0.25, -0.2) is 0 Å². The maximum atomic E-state index is 6.72. The fourth-order valence-corrected chi connectivity index (χ4v) is 5.23. The van der Waals surface area contributed by atoms with E-state index in [-0.39, 0.29) is 5.92 Å². The van der Waals surface area contributed by atoms with E-state index in [1.54, 1.807) is 14.2 Å². The summed E-state index contributed by atoms with van der Waals surface area (Å²) in [6.45, 7) is 12.8. The molecule has 0 fully saturated rings. The van der Waals surface area contributed by atoms with E-state index in [9.17, 15) is 0 Å². The van der Waals surface area contributed by atoms with Crippen LogP contribution in [-0.4, -0.2) is 14.2 Å². The lowest BCUT2D eigenvalue weighted by Crippen LogP contribution is -2.19. The monoisotopic (exact) mass is 404 g/mol. The first-order valence-corrected chi connectivity index (χ1v) is 10.7. The molecule has 1 aliphatic heterocycles. The molecule has 3 heteroatoms. The molecule has 0 aromatic heterocycles. The van der Waals surface area contributed by atoms with Gasteiger partial charge in [-0.15, -0.1) is 0 Å². The van der Waals surface area contributed by atoms with Crippen LogP contribution in [0.3, 0.4) is 0 Å². The summed E-state index contributed by atoms with van der Waals surface area (Å²) >= 11 is 0. The van der Waals surface area contributed by atoms with Gasteiger partial charge in [0, 0.05) is 17.0 Å². The molecular formula is C27H32O3. The van der Waals surface area contributed by atoms with Gasteiger partial charge in [0.15, 0.2) is 0 Å². The number of rotatable bonds is 3. The van der Waals surface area contributed by atoms with Gasteiger partial charge < -0.3 is 14.2 Å². The second-order valence-corrected chi connectivity index (χ2v) is 8.52. The Morgan fingerprint density at radius 2 is 1.20 bits per heavy atom. The van der Waals surface area contributed by atoms with Crippen molar-refractivity contribution >= 4 is 0 Å². The topological polar surface area (TPSA) is 27.7 Å². The molecule has 0 amide bonds. The van der Waals surface area contributed by atoms with Gasteiger partial charge in [0.2, 0.25) is 0 Å². The van der Waals surface area contributed by atoms with Crippen LogP contribution >= 0.6 is 0 Å². The zero-order valence-electron chi connectivity index (χ0n) is 19.4. The lowest BCUT2D eigenvalue weighted by atomic mass is 9.74. The maximum absolute atomic E-state index is 6.72. The summed E-state index contributed by atoms with van der Waals surface area (Å²) in [5, 5.41) is 0. The Morgan fingerprint density at radius 1 is 0.700 bits per heavy atom. The van der Waals surface area contributed by atoms with Crippen LogP contribution in [0.5, 0.6) is 23.0 Å². The number of hydrogen-bond acceptors (Lipinski definition) is 3. The third-order valence-electron chi connectivity index (χ3n) is 7.01. The molecule has 2 aromatic carbocycles. The molecule has 1 heterocycles. The molecule has 0 atom stereocenters. The summed E-state index contributed by atoms with van der Waals surface area (Å²) in [5.74, 6) is 3.97. The van der Waals surface area contributed by atoms with Crippen LogP contribution < -0.4 is 14.2 Å². The fraction of sp³-hybridized carbons (Fsp3) is 0.407. The van der Waals surface area contributed by atoms with Crippen LogP contribution in [0.15, 0.2) is 23.8 Å². The summed E-state index contributed by atoms with van der Waals surface area (Å²) in [4.78, 5) is 0. The number of benzene rings is 2. The number of methoxy groups -OCH3 is 2. The van der Waals surface area contributed by atoms with Gasteiger partial charge in [-0.3, -0.25) is 0 Å². The van der Waals surface area contributed by atoms with E-state index in [1.807, 2.05) is 0 Å². The first-order valence-electron chi connectivity index (χ1n) is 10.7. The molecule has 2 aromatic rings. The summed E-state index contributed by atoms with van der Waals surface area (Å²) in [6.07, 6.45) is 9.11. The highest BCUT2D eigenvalue weighted by Gasteiger charge is 2.37. The maximum Gasteiger partial charge on any atom is 0.135 e. The quantitative estimate of drug-likeness (QED) is 0.547. The average molecular weight is 405 g/mol. The first kappa shape index (κ1) is 20.6. The minimum Gasteiger partial charge on any atom is -0.496 e. The molecule has 4 rings (SSSR count). The zero-order valence-corrected chi connectivity index (χ0v) is 19.4. The Bertz CT molecular complexity index is 1030. The fourth-order valence-electron chi connectivity index (χ4n) is 5.23. The minimum absolute atomic E-state index is 0.0988. The Labute approximate surface area is 180 Å². The van der Waals surface area contributed by atoms with Crippen molar-refractivity contribution in [3.05, 3.63) is 68.3 Å². The van der Waals surface area contributed by atoms with Crippen molar-refractivity contribution in [1.82, 2.24) is 0 Å². The molecule has 0 saturated carbocycles. The highest BCUT2D eigenvalue weighted by atomic mass is 16.5. The SMILES string of the molecule is COc1c(C)c(C)c2c(c1C)C(C1=CCCC=C1)c1c(C)c(OC)c(C)c(C)c1O2. The van der Waals surface area contributed by atoms with Crippen LogP contribution in [0, 0.1) is 41.5 Å². The van der Waals surface area contributed by atoms with Gasteiger partial charge in [-0.2, -0.15) is 0 Å². The molecule has 0 spiro atoms. The minimum atomic E-state index is 0.0988. The summed E-state index contributed by atoms with van der Waals surface area (Å²) in [5.41, 5.74) is 10.7. The van der Waals surface area contributed by atoms with Gasteiger partial charge in [-0.05, 0) is 93.3 Å². The Hall–Kier alpha value is -2.68. The summed E-state index contributed by atoms with van der Waals surface area (Å²) in [7, 11) is 3.52. The van der Waals surface area contributed by atoms with Gasteiger partial charge >= 0.3 is 0 Å². The predicted molar refractivity (Wildman–Crippen MR) is 123 cm³/mol. The normalized spacial score (nSPS) is 15.3. The van der Waals surface area contributed by atoms with Crippen molar-refractivity contribution in [2.75, 3.05) is 14.2 Å². The van der Waals surface area contributed by atoms with E-state index in [0.29, 0.717) is 0 Å². The predicted octanol–water partition coefficient (Wildman–Crippen LogP) is 7.07. The van der Waals surface area contributed by atoms with Crippen molar-refractivity contribution in [3.8, 4) is 23.0 Å². The number of hydrogen-bond donors (Lipinski definition) is 0. The van der Waals surface area contributed by atoms with Crippen LogP contribution in [0.4, 0.5) is 0 Å². The van der Waals surface area contributed by atoms with E-state index in [4.69, 9.17) is 14.2 Å². The molecule has 0 radical (unpaired) electrons. The van der Waals surface area contributed by atoms with Gasteiger partial charge in [0.25, 0.3) is 0 Å². The Balaban J connectivity index is 2.14. The molecule has 0 N–H and O–H groups in total. The van der Waals surface area contributed by atoms with E-state index in [1.165, 1.54) is 16.7 Å². The third kappa shape index (κ3) is 2.79. The molecular weight excluding hydrogens is 372 g/mol. The molecule has 0 saturated heterocycles. The van der Waals surface area contributed by atoms with Gasteiger partial charge in [0.1, 0.15) is 23.0 Å². The highest BCUT2D eigenvalue weighted by Crippen LogP contribution is 2.57. The number of fused-ring (bicyclic) bond motifs is 2. The number of ether oxygens (including phenoxy) is 3. The molecule has 30 heavy (non-hydrogen) atoms. The van der Waals surface area contributed by atoms with Crippen molar-refractivity contribution in [1.29, 1.82) is 0 Å². The van der Waals surface area contributed by atoms with Crippen LogP contribution in [0.1, 0.15) is 63.3 Å². The Kier molecular flexibility index (Phi) is 5.17. The number of allylic oxidation sites excluding steroid dienone is 4. The van der Waals surface area contributed by atoms with Gasteiger partial charge in [0.05, 0.1) is 14.2 Å². The average Bonchev–Trinajstić information content (AvgIpc) is 2.76. The van der Waals surface area contributed by atoms with Crippen molar-refractivity contribution in [2.45, 2.75) is 60.3 Å². The van der Waals surface area contributed by atoms with E-state index in [0.717, 1.165) is 69.2 Å². The van der Waals surface area contributed by atoms with Crippen LogP contribution in [0.25, 0.3) is 0 Å². The third-order valence-corrected chi connectivity index (χ3v) is 7.01. The smallest absolute Gasteiger partial charge is 0.135 e. The molecule has 0 unspecified atom stereocenters. The van der Waals surface area contributed by atoms with E-state index in [2.05, 4.69) is 59.8 Å². The van der Waals surface area contributed by atoms with Crippen molar-refractivity contribution < 1.29 is 14.2 Å². The Morgan fingerprint density at radius 3 is 1.60 bits per heavy atom. The van der Waals surface area contributed by atoms with Crippen LogP contribution in [0.2, 0.25) is 0 Å².